The van der Waals surface area contributed by atoms with E-state index in [1.807, 2.05) is 18.7 Å². The van der Waals surface area contributed by atoms with Crippen LogP contribution >= 0.6 is 0 Å². The summed E-state index contributed by atoms with van der Waals surface area (Å²) in [6.07, 6.45) is 1.15. The maximum atomic E-state index is 4.36. The third-order valence-electron chi connectivity index (χ3n) is 2.82. The number of rotatable bonds is 4. The lowest BCUT2D eigenvalue weighted by Gasteiger charge is -2.33. The molecule has 0 spiro atoms. The van der Waals surface area contributed by atoms with E-state index in [0.717, 1.165) is 18.7 Å². The highest BCUT2D eigenvalue weighted by atomic mass is 15.3. The zero-order valence-corrected chi connectivity index (χ0v) is 12.4. The molecule has 3 heteroatoms. The minimum Gasteiger partial charge on any atom is -0.306 e. The van der Waals surface area contributed by atoms with Crippen LogP contribution < -0.4 is 5.32 Å². The predicted molar refractivity (Wildman–Crippen MR) is 72.9 cm³/mol. The first kappa shape index (κ1) is 14.2. The standard InChI is InChI=1S/C14H27N3/c1-11-8-12(17(7)16-11)9-15-14(5,6)10-13(2,3)4/h8,15H,9-10H2,1-7H3. The molecule has 1 aromatic rings. The van der Waals surface area contributed by atoms with Gasteiger partial charge in [0.1, 0.15) is 0 Å². The maximum absolute atomic E-state index is 4.36. The van der Waals surface area contributed by atoms with E-state index in [9.17, 15) is 0 Å². The number of aromatic nitrogens is 2. The summed E-state index contributed by atoms with van der Waals surface area (Å²) in [6.45, 7) is 14.3. The smallest absolute Gasteiger partial charge is 0.0597 e. The van der Waals surface area contributed by atoms with Crippen molar-refractivity contribution in [1.29, 1.82) is 0 Å². The van der Waals surface area contributed by atoms with Gasteiger partial charge in [0.05, 0.1) is 11.4 Å². The molecule has 1 aromatic heterocycles. The summed E-state index contributed by atoms with van der Waals surface area (Å²) in [7, 11) is 2.00. The molecule has 1 N–H and O–H groups in total. The topological polar surface area (TPSA) is 29.9 Å². The molecule has 1 heterocycles. The molecule has 0 bridgehead atoms. The number of aryl methyl sites for hydroxylation is 2. The molecule has 0 fully saturated rings. The van der Waals surface area contributed by atoms with E-state index in [1.54, 1.807) is 0 Å². The monoisotopic (exact) mass is 237 g/mol. The van der Waals surface area contributed by atoms with Crippen molar-refractivity contribution in [2.24, 2.45) is 12.5 Å². The summed E-state index contributed by atoms with van der Waals surface area (Å²) in [6, 6.07) is 2.14. The lowest BCUT2D eigenvalue weighted by atomic mass is 9.82. The Kier molecular flexibility index (Phi) is 4.03. The van der Waals surface area contributed by atoms with E-state index in [4.69, 9.17) is 0 Å². The molecule has 98 valence electrons. The molecule has 0 aromatic carbocycles. The van der Waals surface area contributed by atoms with Crippen molar-refractivity contribution >= 4 is 0 Å². The molecule has 0 aliphatic heterocycles. The van der Waals surface area contributed by atoms with Crippen molar-refractivity contribution in [1.82, 2.24) is 15.1 Å². The highest BCUT2D eigenvalue weighted by Gasteiger charge is 2.24. The average molecular weight is 237 g/mol. The zero-order valence-electron chi connectivity index (χ0n) is 12.4. The normalized spacial score (nSPS) is 13.1. The summed E-state index contributed by atoms with van der Waals surface area (Å²) in [5.41, 5.74) is 2.82. The van der Waals surface area contributed by atoms with Crippen LogP contribution in [0.3, 0.4) is 0 Å². The van der Waals surface area contributed by atoms with Gasteiger partial charge in [0, 0.05) is 19.1 Å². The number of hydrogen-bond acceptors (Lipinski definition) is 2. The van der Waals surface area contributed by atoms with Crippen LogP contribution in [0.5, 0.6) is 0 Å². The first-order valence-corrected chi connectivity index (χ1v) is 6.34. The van der Waals surface area contributed by atoms with E-state index < -0.39 is 0 Å². The Labute approximate surface area is 106 Å². The first-order chi connectivity index (χ1) is 7.59. The van der Waals surface area contributed by atoms with Gasteiger partial charge in [-0.05, 0) is 38.7 Å². The molecule has 0 aliphatic rings. The fourth-order valence-corrected chi connectivity index (χ4v) is 2.55. The SMILES string of the molecule is Cc1cc(CNC(C)(C)CC(C)(C)C)n(C)n1. The van der Waals surface area contributed by atoms with Crippen LogP contribution in [0.1, 0.15) is 52.4 Å². The van der Waals surface area contributed by atoms with Crippen molar-refractivity contribution in [3.8, 4) is 0 Å². The summed E-state index contributed by atoms with van der Waals surface area (Å²) >= 11 is 0. The zero-order chi connectivity index (χ0) is 13.3. The van der Waals surface area contributed by atoms with Gasteiger partial charge in [0.15, 0.2) is 0 Å². The van der Waals surface area contributed by atoms with Gasteiger partial charge in [-0.25, -0.2) is 0 Å². The Bertz CT molecular complexity index is 369. The van der Waals surface area contributed by atoms with Crippen molar-refractivity contribution in [2.45, 2.75) is 60.0 Å². The van der Waals surface area contributed by atoms with Gasteiger partial charge < -0.3 is 5.32 Å². The van der Waals surface area contributed by atoms with Crippen molar-refractivity contribution in [2.75, 3.05) is 0 Å². The molecular weight excluding hydrogens is 210 g/mol. The number of nitrogens with one attached hydrogen (secondary N) is 1. The van der Waals surface area contributed by atoms with E-state index >= 15 is 0 Å². The largest absolute Gasteiger partial charge is 0.306 e. The number of hydrogen-bond donors (Lipinski definition) is 1. The van der Waals surface area contributed by atoms with Crippen molar-refractivity contribution < 1.29 is 0 Å². The fourth-order valence-electron chi connectivity index (χ4n) is 2.55. The molecule has 1 rings (SSSR count). The van der Waals surface area contributed by atoms with E-state index in [0.29, 0.717) is 5.41 Å². The molecule has 17 heavy (non-hydrogen) atoms. The summed E-state index contributed by atoms with van der Waals surface area (Å²) in [5, 5.41) is 7.99. The van der Waals surface area contributed by atoms with Gasteiger partial charge >= 0.3 is 0 Å². The first-order valence-electron chi connectivity index (χ1n) is 6.34. The Morgan fingerprint density at radius 2 is 1.82 bits per heavy atom. The van der Waals surface area contributed by atoms with Crippen LogP contribution in [-0.4, -0.2) is 15.3 Å². The summed E-state index contributed by atoms with van der Waals surface area (Å²) in [4.78, 5) is 0. The Morgan fingerprint density at radius 3 is 2.24 bits per heavy atom. The van der Waals surface area contributed by atoms with Gasteiger partial charge in [-0.1, -0.05) is 20.8 Å². The molecule has 0 amide bonds. The lowest BCUT2D eigenvalue weighted by molar-refractivity contribution is 0.239. The molecular formula is C14H27N3. The second-order valence-electron chi connectivity index (χ2n) is 6.88. The van der Waals surface area contributed by atoms with Gasteiger partial charge in [-0.2, -0.15) is 5.10 Å². The third kappa shape index (κ3) is 4.90. The van der Waals surface area contributed by atoms with E-state index in [1.165, 1.54) is 5.69 Å². The summed E-state index contributed by atoms with van der Waals surface area (Å²) in [5.74, 6) is 0. The fraction of sp³-hybridized carbons (Fsp3) is 0.786. The minimum absolute atomic E-state index is 0.149. The third-order valence-corrected chi connectivity index (χ3v) is 2.82. The molecule has 0 aliphatic carbocycles. The number of nitrogens with zero attached hydrogens (tertiary/aromatic N) is 2. The molecule has 0 saturated heterocycles. The summed E-state index contributed by atoms with van der Waals surface area (Å²) < 4.78 is 1.95. The second kappa shape index (κ2) is 4.81. The highest BCUT2D eigenvalue weighted by Crippen LogP contribution is 2.26. The van der Waals surface area contributed by atoms with Gasteiger partial charge in [-0.15, -0.1) is 0 Å². The van der Waals surface area contributed by atoms with E-state index in [2.05, 4.69) is 51.1 Å². The van der Waals surface area contributed by atoms with Gasteiger partial charge in [0.2, 0.25) is 0 Å². The Morgan fingerprint density at radius 1 is 1.24 bits per heavy atom. The highest BCUT2D eigenvalue weighted by molar-refractivity contribution is 5.08. The lowest BCUT2D eigenvalue weighted by Crippen LogP contribution is -2.42. The van der Waals surface area contributed by atoms with E-state index in [-0.39, 0.29) is 5.54 Å². The molecule has 0 atom stereocenters. The second-order valence-corrected chi connectivity index (χ2v) is 6.88. The quantitative estimate of drug-likeness (QED) is 0.872. The van der Waals surface area contributed by atoms with Crippen LogP contribution in [0.15, 0.2) is 6.07 Å². The van der Waals surface area contributed by atoms with Crippen LogP contribution in [0.4, 0.5) is 0 Å². The Balaban J connectivity index is 2.58. The molecule has 0 unspecified atom stereocenters. The maximum Gasteiger partial charge on any atom is 0.0597 e. The van der Waals surface area contributed by atoms with Gasteiger partial charge in [0.25, 0.3) is 0 Å². The average Bonchev–Trinajstić information content (AvgIpc) is 2.37. The molecule has 0 radical (unpaired) electrons. The Hall–Kier alpha value is -0.830. The van der Waals surface area contributed by atoms with Crippen molar-refractivity contribution in [3.63, 3.8) is 0 Å². The van der Waals surface area contributed by atoms with Crippen LogP contribution in [0.2, 0.25) is 0 Å². The molecule has 0 saturated carbocycles. The van der Waals surface area contributed by atoms with Crippen molar-refractivity contribution in [3.05, 3.63) is 17.5 Å². The predicted octanol–water partition coefficient (Wildman–Crippen LogP) is 3.03. The molecule has 3 nitrogen and oxygen atoms in total. The van der Waals surface area contributed by atoms with Gasteiger partial charge in [-0.3, -0.25) is 4.68 Å². The van der Waals surface area contributed by atoms with Crippen LogP contribution in [-0.2, 0) is 13.6 Å². The van der Waals surface area contributed by atoms with Crippen LogP contribution in [0, 0.1) is 12.3 Å². The minimum atomic E-state index is 0.149. The van der Waals surface area contributed by atoms with Crippen LogP contribution in [0.25, 0.3) is 0 Å².